The molecule has 1 aromatic carbocycles. The molecular formula is C15H21F2NO2. The Bertz CT molecular complexity index is 436. The van der Waals surface area contributed by atoms with Gasteiger partial charge in [0.25, 0.3) is 0 Å². The number of hydrogen-bond acceptors (Lipinski definition) is 3. The van der Waals surface area contributed by atoms with Gasteiger partial charge in [-0.3, -0.25) is 0 Å². The first-order valence-corrected chi connectivity index (χ1v) is 7.02. The Balaban J connectivity index is 1.87. The van der Waals surface area contributed by atoms with Gasteiger partial charge in [-0.25, -0.2) is 8.78 Å². The van der Waals surface area contributed by atoms with Crippen molar-refractivity contribution in [2.75, 3.05) is 19.8 Å². The minimum Gasteiger partial charge on any atom is -0.387 e. The fourth-order valence-electron chi connectivity index (χ4n) is 2.56. The van der Waals surface area contributed by atoms with Crippen molar-refractivity contribution in [3.8, 4) is 0 Å². The molecule has 1 aliphatic heterocycles. The normalized spacial score (nSPS) is 19.8. The minimum absolute atomic E-state index is 0.00308. The lowest BCUT2D eigenvalue weighted by atomic mass is 9.93. The van der Waals surface area contributed by atoms with E-state index >= 15 is 0 Å². The predicted octanol–water partition coefficient (Wildman–Crippen LogP) is 2.40. The van der Waals surface area contributed by atoms with Crippen LogP contribution in [-0.2, 0) is 4.74 Å². The van der Waals surface area contributed by atoms with Crippen LogP contribution in [0.2, 0.25) is 0 Å². The first-order valence-electron chi connectivity index (χ1n) is 7.02. The molecule has 1 saturated heterocycles. The molecule has 2 atom stereocenters. The molecule has 1 aromatic rings. The third-order valence-electron chi connectivity index (χ3n) is 3.92. The number of aliphatic hydroxyl groups is 1. The molecule has 1 fully saturated rings. The molecule has 3 nitrogen and oxygen atoms in total. The van der Waals surface area contributed by atoms with E-state index in [1.54, 1.807) is 0 Å². The van der Waals surface area contributed by atoms with Crippen LogP contribution in [0.5, 0.6) is 0 Å². The second kappa shape index (κ2) is 7.11. The quantitative estimate of drug-likeness (QED) is 0.873. The molecule has 112 valence electrons. The van der Waals surface area contributed by atoms with E-state index < -0.39 is 17.7 Å². The van der Waals surface area contributed by atoms with Crippen LogP contribution < -0.4 is 5.32 Å². The first-order chi connectivity index (χ1) is 9.58. The van der Waals surface area contributed by atoms with Crippen molar-refractivity contribution < 1.29 is 18.6 Å². The first kappa shape index (κ1) is 15.4. The predicted molar refractivity (Wildman–Crippen MR) is 72.3 cm³/mol. The molecular weight excluding hydrogens is 264 g/mol. The number of halogens is 2. The molecule has 1 heterocycles. The summed E-state index contributed by atoms with van der Waals surface area (Å²) in [6.07, 6.45) is 0.921. The van der Waals surface area contributed by atoms with Crippen LogP contribution in [0.1, 0.15) is 31.4 Å². The molecule has 0 aliphatic carbocycles. The van der Waals surface area contributed by atoms with Crippen molar-refractivity contribution in [3.63, 3.8) is 0 Å². The van der Waals surface area contributed by atoms with Crippen LogP contribution in [0, 0.1) is 17.6 Å². The lowest BCUT2D eigenvalue weighted by molar-refractivity contribution is 0.0535. The van der Waals surface area contributed by atoms with Gasteiger partial charge in [0.1, 0.15) is 11.6 Å². The highest BCUT2D eigenvalue weighted by atomic mass is 19.1. The van der Waals surface area contributed by atoms with E-state index in [0.717, 1.165) is 44.3 Å². The zero-order chi connectivity index (χ0) is 14.5. The van der Waals surface area contributed by atoms with Gasteiger partial charge in [0, 0.05) is 31.4 Å². The summed E-state index contributed by atoms with van der Waals surface area (Å²) in [7, 11) is 0. The lowest BCUT2D eigenvalue weighted by Gasteiger charge is -2.29. The Hall–Kier alpha value is -1.04. The van der Waals surface area contributed by atoms with Crippen molar-refractivity contribution in [1.82, 2.24) is 5.32 Å². The van der Waals surface area contributed by atoms with Crippen molar-refractivity contribution in [1.29, 1.82) is 0 Å². The van der Waals surface area contributed by atoms with E-state index in [1.807, 2.05) is 6.92 Å². The SMILES string of the molecule is CC(NCC(O)c1cc(F)ccc1F)C1CCOCC1. The van der Waals surface area contributed by atoms with E-state index in [0.29, 0.717) is 5.92 Å². The van der Waals surface area contributed by atoms with Crippen LogP contribution in [0.25, 0.3) is 0 Å². The summed E-state index contributed by atoms with van der Waals surface area (Å²) in [5.74, 6) is -0.634. The number of rotatable bonds is 5. The van der Waals surface area contributed by atoms with Gasteiger partial charge < -0.3 is 15.2 Å². The molecule has 20 heavy (non-hydrogen) atoms. The lowest BCUT2D eigenvalue weighted by Crippen LogP contribution is -2.38. The van der Waals surface area contributed by atoms with Gasteiger partial charge in [-0.1, -0.05) is 0 Å². The van der Waals surface area contributed by atoms with Crippen molar-refractivity contribution in [3.05, 3.63) is 35.4 Å². The molecule has 2 unspecified atom stereocenters. The van der Waals surface area contributed by atoms with Crippen LogP contribution >= 0.6 is 0 Å². The van der Waals surface area contributed by atoms with Gasteiger partial charge in [-0.05, 0) is 43.9 Å². The van der Waals surface area contributed by atoms with Gasteiger partial charge >= 0.3 is 0 Å². The maximum Gasteiger partial charge on any atom is 0.129 e. The second-order valence-electron chi connectivity index (χ2n) is 5.33. The Labute approximate surface area is 117 Å². The molecule has 0 aromatic heterocycles. The fraction of sp³-hybridized carbons (Fsp3) is 0.600. The third kappa shape index (κ3) is 3.98. The Kier molecular flexibility index (Phi) is 5.46. The summed E-state index contributed by atoms with van der Waals surface area (Å²) in [5.41, 5.74) is -0.00308. The average Bonchev–Trinajstić information content (AvgIpc) is 2.47. The molecule has 0 saturated carbocycles. The van der Waals surface area contributed by atoms with Gasteiger partial charge in [0.15, 0.2) is 0 Å². The van der Waals surface area contributed by atoms with Gasteiger partial charge in [-0.15, -0.1) is 0 Å². The van der Waals surface area contributed by atoms with Crippen LogP contribution in [0.3, 0.4) is 0 Å². The number of ether oxygens (including phenoxy) is 1. The molecule has 2 rings (SSSR count). The zero-order valence-corrected chi connectivity index (χ0v) is 11.6. The highest BCUT2D eigenvalue weighted by molar-refractivity contribution is 5.21. The Morgan fingerprint density at radius 1 is 1.35 bits per heavy atom. The standard InChI is InChI=1S/C15H21F2NO2/c1-10(11-4-6-20-7-5-11)18-9-15(19)13-8-12(16)2-3-14(13)17/h2-3,8,10-11,15,18-19H,4-7,9H2,1H3. The second-order valence-corrected chi connectivity index (χ2v) is 5.33. The monoisotopic (exact) mass is 285 g/mol. The summed E-state index contributed by atoms with van der Waals surface area (Å²) in [4.78, 5) is 0. The zero-order valence-electron chi connectivity index (χ0n) is 11.6. The summed E-state index contributed by atoms with van der Waals surface area (Å²) in [6.45, 7) is 3.78. The molecule has 0 amide bonds. The van der Waals surface area contributed by atoms with Gasteiger partial charge in [-0.2, -0.15) is 0 Å². The summed E-state index contributed by atoms with van der Waals surface area (Å²) < 4.78 is 31.9. The Morgan fingerprint density at radius 3 is 2.75 bits per heavy atom. The largest absolute Gasteiger partial charge is 0.387 e. The van der Waals surface area contributed by atoms with E-state index in [-0.39, 0.29) is 18.2 Å². The average molecular weight is 285 g/mol. The van der Waals surface area contributed by atoms with Crippen LogP contribution in [0.15, 0.2) is 18.2 Å². The third-order valence-corrected chi connectivity index (χ3v) is 3.92. The van der Waals surface area contributed by atoms with Crippen molar-refractivity contribution in [2.45, 2.75) is 31.9 Å². The minimum atomic E-state index is -1.05. The van der Waals surface area contributed by atoms with E-state index in [4.69, 9.17) is 4.74 Å². The van der Waals surface area contributed by atoms with Crippen LogP contribution in [-0.4, -0.2) is 30.9 Å². The summed E-state index contributed by atoms with van der Waals surface area (Å²) in [5, 5.41) is 13.2. The highest BCUT2D eigenvalue weighted by Gasteiger charge is 2.21. The van der Waals surface area contributed by atoms with E-state index in [9.17, 15) is 13.9 Å². The van der Waals surface area contributed by atoms with Gasteiger partial charge in [0.2, 0.25) is 0 Å². The maximum absolute atomic E-state index is 13.5. The highest BCUT2D eigenvalue weighted by Crippen LogP contribution is 2.21. The smallest absolute Gasteiger partial charge is 0.129 e. The Morgan fingerprint density at radius 2 is 2.05 bits per heavy atom. The summed E-state index contributed by atoms with van der Waals surface area (Å²) >= 11 is 0. The van der Waals surface area contributed by atoms with Crippen molar-refractivity contribution >= 4 is 0 Å². The molecule has 2 N–H and O–H groups in total. The van der Waals surface area contributed by atoms with Crippen LogP contribution in [0.4, 0.5) is 8.78 Å². The number of benzene rings is 1. The molecule has 5 heteroatoms. The molecule has 0 radical (unpaired) electrons. The summed E-state index contributed by atoms with van der Waals surface area (Å²) in [6, 6.07) is 3.34. The van der Waals surface area contributed by atoms with Gasteiger partial charge in [0.05, 0.1) is 6.10 Å². The number of aliphatic hydroxyl groups excluding tert-OH is 1. The topological polar surface area (TPSA) is 41.5 Å². The van der Waals surface area contributed by atoms with E-state index in [2.05, 4.69) is 5.32 Å². The maximum atomic E-state index is 13.5. The number of hydrogen-bond donors (Lipinski definition) is 2. The molecule has 0 bridgehead atoms. The molecule has 0 spiro atoms. The van der Waals surface area contributed by atoms with Crippen molar-refractivity contribution in [2.24, 2.45) is 5.92 Å². The molecule has 1 aliphatic rings. The fourth-order valence-corrected chi connectivity index (χ4v) is 2.56. The number of nitrogens with one attached hydrogen (secondary N) is 1. The van der Waals surface area contributed by atoms with E-state index in [1.165, 1.54) is 0 Å².